The highest BCUT2D eigenvalue weighted by atomic mass is 32.2. The average Bonchev–Trinajstić information content (AvgIpc) is 3.04. The van der Waals surface area contributed by atoms with Gasteiger partial charge in [-0.15, -0.1) is 0 Å². The molecule has 0 unspecified atom stereocenters. The minimum Gasteiger partial charge on any atom is -0.492 e. The summed E-state index contributed by atoms with van der Waals surface area (Å²) in [6.07, 6.45) is 2.97. The lowest BCUT2D eigenvalue weighted by Gasteiger charge is -2.24. The Morgan fingerprint density at radius 1 is 1.42 bits per heavy atom. The Hall–Kier alpha value is -1.80. The minimum absolute atomic E-state index is 0.0105. The van der Waals surface area contributed by atoms with Gasteiger partial charge in [0.25, 0.3) is 0 Å². The maximum absolute atomic E-state index is 12.2. The highest BCUT2D eigenvalue weighted by Crippen LogP contribution is 2.29. The Morgan fingerprint density at radius 3 is 2.79 bits per heavy atom. The van der Waals surface area contributed by atoms with Crippen molar-refractivity contribution < 1.29 is 22.7 Å². The van der Waals surface area contributed by atoms with E-state index in [0.29, 0.717) is 31.2 Å². The van der Waals surface area contributed by atoms with E-state index in [9.17, 15) is 13.2 Å². The van der Waals surface area contributed by atoms with E-state index in [0.717, 1.165) is 23.4 Å². The first-order valence-corrected chi connectivity index (χ1v) is 9.84. The largest absolute Gasteiger partial charge is 0.492 e. The van der Waals surface area contributed by atoms with Gasteiger partial charge in [0.15, 0.2) is 0 Å². The van der Waals surface area contributed by atoms with E-state index in [-0.39, 0.29) is 18.6 Å². The van der Waals surface area contributed by atoms with Gasteiger partial charge in [0.2, 0.25) is 15.9 Å². The second-order valence-electron chi connectivity index (χ2n) is 5.61. The smallest absolute Gasteiger partial charge is 0.240 e. The third-order valence-corrected chi connectivity index (χ3v) is 4.80. The van der Waals surface area contributed by atoms with Crippen molar-refractivity contribution in [2.45, 2.75) is 25.9 Å². The number of ether oxygens (including phenoxy) is 2. The summed E-state index contributed by atoms with van der Waals surface area (Å²) in [6, 6.07) is 6.77. The fourth-order valence-electron chi connectivity index (χ4n) is 2.54. The van der Waals surface area contributed by atoms with Crippen molar-refractivity contribution in [3.05, 3.63) is 24.3 Å². The van der Waals surface area contributed by atoms with Gasteiger partial charge in [0.05, 0.1) is 24.7 Å². The molecule has 0 aromatic heterocycles. The Labute approximate surface area is 143 Å². The third-order valence-electron chi connectivity index (χ3n) is 3.67. The molecular weight excluding hydrogens is 332 g/mol. The number of amides is 1. The molecule has 24 heavy (non-hydrogen) atoms. The summed E-state index contributed by atoms with van der Waals surface area (Å²) in [5.74, 6) is 0.0552. The number of anilines is 1. The van der Waals surface area contributed by atoms with Gasteiger partial charge in [-0.2, -0.15) is 0 Å². The van der Waals surface area contributed by atoms with Crippen LogP contribution in [0.25, 0.3) is 0 Å². The van der Waals surface area contributed by atoms with Crippen LogP contribution in [0.15, 0.2) is 24.3 Å². The molecule has 1 aromatic carbocycles. The van der Waals surface area contributed by atoms with Gasteiger partial charge in [-0.3, -0.25) is 9.10 Å². The molecule has 0 bridgehead atoms. The highest BCUT2D eigenvalue weighted by Gasteiger charge is 2.24. The van der Waals surface area contributed by atoms with Crippen LogP contribution < -0.4 is 14.4 Å². The zero-order valence-corrected chi connectivity index (χ0v) is 14.8. The molecule has 1 aliphatic heterocycles. The van der Waals surface area contributed by atoms with Crippen LogP contribution in [0.4, 0.5) is 5.69 Å². The number of sulfonamides is 1. The summed E-state index contributed by atoms with van der Waals surface area (Å²) in [5, 5.41) is 2.74. The number of para-hydroxylation sites is 2. The number of carbonyl (C=O) groups is 1. The molecule has 1 aliphatic rings. The summed E-state index contributed by atoms with van der Waals surface area (Å²) in [5.41, 5.74) is 0.356. The van der Waals surface area contributed by atoms with Crippen molar-refractivity contribution in [1.29, 1.82) is 0 Å². The summed E-state index contributed by atoms with van der Waals surface area (Å²) >= 11 is 0. The van der Waals surface area contributed by atoms with Gasteiger partial charge in [-0.05, 0) is 31.9 Å². The van der Waals surface area contributed by atoms with Crippen LogP contribution in [0.1, 0.15) is 19.8 Å². The third kappa shape index (κ3) is 5.10. The second-order valence-corrected chi connectivity index (χ2v) is 7.52. The summed E-state index contributed by atoms with van der Waals surface area (Å²) in [4.78, 5) is 12.2. The molecule has 1 N–H and O–H groups in total. The van der Waals surface area contributed by atoms with E-state index in [4.69, 9.17) is 9.47 Å². The van der Waals surface area contributed by atoms with E-state index in [2.05, 4.69) is 5.32 Å². The van der Waals surface area contributed by atoms with E-state index >= 15 is 0 Å². The second kappa shape index (κ2) is 8.34. The topological polar surface area (TPSA) is 84.9 Å². The van der Waals surface area contributed by atoms with Gasteiger partial charge in [-0.1, -0.05) is 12.1 Å². The van der Waals surface area contributed by atoms with Crippen LogP contribution in [-0.4, -0.2) is 53.0 Å². The Balaban J connectivity index is 2.10. The molecule has 0 radical (unpaired) electrons. The highest BCUT2D eigenvalue weighted by molar-refractivity contribution is 7.92. The van der Waals surface area contributed by atoms with Crippen LogP contribution in [0.2, 0.25) is 0 Å². The lowest BCUT2D eigenvalue weighted by Crippen LogP contribution is -2.42. The first-order chi connectivity index (χ1) is 11.4. The van der Waals surface area contributed by atoms with Crippen molar-refractivity contribution in [3.8, 4) is 5.75 Å². The molecule has 134 valence electrons. The molecule has 1 saturated heterocycles. The monoisotopic (exact) mass is 356 g/mol. The minimum atomic E-state index is -3.63. The van der Waals surface area contributed by atoms with E-state index < -0.39 is 10.0 Å². The SMILES string of the molecule is CCOc1ccccc1N(CC(=O)NC[C@@H]1CCCO1)S(C)(=O)=O. The van der Waals surface area contributed by atoms with E-state index in [1.807, 2.05) is 6.92 Å². The van der Waals surface area contributed by atoms with Gasteiger partial charge in [-0.25, -0.2) is 8.42 Å². The van der Waals surface area contributed by atoms with Crippen LogP contribution in [0.5, 0.6) is 5.75 Å². The van der Waals surface area contributed by atoms with Gasteiger partial charge < -0.3 is 14.8 Å². The van der Waals surface area contributed by atoms with Crippen LogP contribution in [0.3, 0.4) is 0 Å². The molecule has 0 spiro atoms. The molecular formula is C16H24N2O5S. The normalized spacial score (nSPS) is 17.5. The van der Waals surface area contributed by atoms with Crippen LogP contribution in [-0.2, 0) is 19.6 Å². The zero-order chi connectivity index (χ0) is 17.6. The Kier molecular flexibility index (Phi) is 6.44. The fraction of sp³-hybridized carbons (Fsp3) is 0.562. The van der Waals surface area contributed by atoms with Gasteiger partial charge in [0, 0.05) is 13.2 Å². The predicted molar refractivity (Wildman–Crippen MR) is 91.8 cm³/mol. The molecule has 1 fully saturated rings. The molecule has 0 saturated carbocycles. The summed E-state index contributed by atoms with van der Waals surface area (Å²) < 4.78 is 36.3. The van der Waals surface area contributed by atoms with Gasteiger partial charge >= 0.3 is 0 Å². The maximum Gasteiger partial charge on any atom is 0.240 e. The molecule has 0 aliphatic carbocycles. The quantitative estimate of drug-likeness (QED) is 0.755. The molecule has 1 aromatic rings. The van der Waals surface area contributed by atoms with Crippen molar-refractivity contribution in [3.63, 3.8) is 0 Å². The zero-order valence-electron chi connectivity index (χ0n) is 14.0. The summed E-state index contributed by atoms with van der Waals surface area (Å²) in [7, 11) is -3.63. The maximum atomic E-state index is 12.2. The first-order valence-electron chi connectivity index (χ1n) is 7.99. The number of benzene rings is 1. The lowest BCUT2D eigenvalue weighted by atomic mass is 10.2. The van der Waals surface area contributed by atoms with Crippen molar-refractivity contribution in [1.82, 2.24) is 5.32 Å². The number of nitrogens with zero attached hydrogens (tertiary/aromatic N) is 1. The number of carbonyl (C=O) groups excluding carboxylic acids is 1. The van der Waals surface area contributed by atoms with Gasteiger partial charge in [0.1, 0.15) is 12.3 Å². The molecule has 7 nitrogen and oxygen atoms in total. The van der Waals surface area contributed by atoms with Crippen molar-refractivity contribution in [2.75, 3.05) is 36.9 Å². The standard InChI is InChI=1S/C16H24N2O5S/c1-3-22-15-9-5-4-8-14(15)18(24(2,20)21)12-16(19)17-11-13-7-6-10-23-13/h4-5,8-9,13H,3,6-7,10-12H2,1-2H3,(H,17,19)/t13-/m0/s1. The first kappa shape index (κ1) is 18.5. The van der Waals surface area contributed by atoms with E-state index in [1.54, 1.807) is 24.3 Å². The lowest BCUT2D eigenvalue weighted by molar-refractivity contribution is -0.120. The van der Waals surface area contributed by atoms with E-state index in [1.165, 1.54) is 0 Å². The van der Waals surface area contributed by atoms with Crippen LogP contribution >= 0.6 is 0 Å². The Bertz CT molecular complexity index is 656. The molecule has 1 amide bonds. The predicted octanol–water partition coefficient (Wildman–Crippen LogP) is 1.15. The van der Waals surface area contributed by atoms with Crippen molar-refractivity contribution in [2.24, 2.45) is 0 Å². The molecule has 1 atom stereocenters. The molecule has 2 rings (SSSR count). The molecule has 8 heteroatoms. The van der Waals surface area contributed by atoms with Crippen molar-refractivity contribution >= 4 is 21.6 Å². The number of hydrogen-bond donors (Lipinski definition) is 1. The number of hydrogen-bond acceptors (Lipinski definition) is 5. The Morgan fingerprint density at radius 2 is 2.17 bits per heavy atom. The summed E-state index contributed by atoms with van der Waals surface area (Å²) in [6.45, 7) is 3.02. The van der Waals surface area contributed by atoms with Crippen LogP contribution in [0, 0.1) is 0 Å². The number of rotatable bonds is 8. The average molecular weight is 356 g/mol. The number of nitrogens with one attached hydrogen (secondary N) is 1. The molecule has 1 heterocycles. The fourth-order valence-corrected chi connectivity index (χ4v) is 3.40.